The fourth-order valence-electron chi connectivity index (χ4n) is 0.490. The molecule has 0 saturated heterocycles. The normalized spacial score (nSPS) is 19.1. The number of rotatable bonds is 0. The zero-order chi connectivity index (χ0) is 5.82. The summed E-state index contributed by atoms with van der Waals surface area (Å²) in [5.41, 5.74) is 0. The average molecular weight is 108 g/mol. The van der Waals surface area contributed by atoms with E-state index in [1.807, 2.05) is 12.2 Å². The van der Waals surface area contributed by atoms with Crippen LogP contribution in [0.4, 0.5) is 0 Å². The largest absolute Gasteiger partial charge is 0.160 e. The third-order valence-electron chi connectivity index (χ3n) is 0.979. The van der Waals surface area contributed by atoms with E-state index in [-0.39, 0.29) is 0 Å². The molecule has 0 saturated carbocycles. The maximum absolute atomic E-state index is 3.68. The van der Waals surface area contributed by atoms with Crippen LogP contribution in [-0.4, -0.2) is 0 Å². The minimum atomic E-state index is 0.477. The van der Waals surface area contributed by atoms with Crippen LogP contribution in [0.25, 0.3) is 0 Å². The summed E-state index contributed by atoms with van der Waals surface area (Å²) < 4.78 is 0. The summed E-state index contributed by atoms with van der Waals surface area (Å²) in [4.78, 5) is 0. The molecule has 0 aromatic carbocycles. The first kappa shape index (κ1) is 5.22. The van der Waals surface area contributed by atoms with Gasteiger partial charge in [-0.25, -0.2) is 0 Å². The van der Waals surface area contributed by atoms with Gasteiger partial charge in [-0.3, -0.25) is 0 Å². The van der Waals surface area contributed by atoms with Crippen LogP contribution < -0.4 is 0 Å². The van der Waals surface area contributed by atoms with Crippen molar-refractivity contribution in [1.82, 2.24) is 0 Å². The van der Waals surface area contributed by atoms with Crippen LogP contribution in [-0.2, 0) is 0 Å². The number of azo groups is 1. The Morgan fingerprint density at radius 3 is 2.12 bits per heavy atom. The minimum Gasteiger partial charge on any atom is -0.160 e. The minimum absolute atomic E-state index is 0.477. The second kappa shape index (κ2) is 2.40. The van der Waals surface area contributed by atoms with Gasteiger partial charge in [0.15, 0.2) is 0 Å². The zero-order valence-electron chi connectivity index (χ0n) is 4.78. The smallest absolute Gasteiger partial charge is 0.0461 e. The Kier molecular flexibility index (Phi) is 1.57. The summed E-state index contributed by atoms with van der Waals surface area (Å²) in [6.45, 7) is 2.09. The molecule has 0 aromatic rings. The summed E-state index contributed by atoms with van der Waals surface area (Å²) in [6, 6.07) is 0. The Hall–Kier alpha value is -0.920. The molecule has 0 fully saturated rings. The second-order valence-corrected chi connectivity index (χ2v) is 1.77. The summed E-state index contributed by atoms with van der Waals surface area (Å²) in [5.74, 6) is 0.477. The molecule has 0 amide bonds. The molecule has 2 nitrogen and oxygen atoms in total. The average Bonchev–Trinajstić information content (AvgIpc) is 1.94. The van der Waals surface area contributed by atoms with Crippen LogP contribution in [0.3, 0.4) is 0 Å². The van der Waals surface area contributed by atoms with Crippen molar-refractivity contribution in [2.75, 3.05) is 0 Å². The topological polar surface area (TPSA) is 24.7 Å². The maximum Gasteiger partial charge on any atom is 0.0461 e. The van der Waals surface area contributed by atoms with Crippen molar-refractivity contribution in [1.29, 1.82) is 0 Å². The van der Waals surface area contributed by atoms with E-state index in [1.165, 1.54) is 0 Å². The monoisotopic (exact) mass is 108 g/mol. The standard InChI is InChI=1S/C6H8N2/c1-6-2-4-7-8-5-3-6/h2-6H,1H3. The van der Waals surface area contributed by atoms with Gasteiger partial charge in [-0.2, -0.15) is 10.2 Å². The van der Waals surface area contributed by atoms with Gasteiger partial charge in [0, 0.05) is 12.4 Å². The molecule has 2 heteroatoms. The molecule has 0 aliphatic carbocycles. The van der Waals surface area contributed by atoms with Gasteiger partial charge in [-0.05, 0) is 5.92 Å². The second-order valence-electron chi connectivity index (χ2n) is 1.77. The van der Waals surface area contributed by atoms with Gasteiger partial charge >= 0.3 is 0 Å². The van der Waals surface area contributed by atoms with Crippen LogP contribution in [0.5, 0.6) is 0 Å². The highest BCUT2D eigenvalue weighted by Crippen LogP contribution is 2.02. The Labute approximate surface area is 48.6 Å². The van der Waals surface area contributed by atoms with Crippen LogP contribution in [0, 0.1) is 5.92 Å². The lowest BCUT2D eigenvalue weighted by Crippen LogP contribution is -1.77. The van der Waals surface area contributed by atoms with Gasteiger partial charge in [0.1, 0.15) is 0 Å². The quantitative estimate of drug-likeness (QED) is 0.454. The molecule has 8 heavy (non-hydrogen) atoms. The molecular weight excluding hydrogens is 100 g/mol. The molecule has 1 heterocycles. The molecule has 1 aliphatic heterocycles. The molecule has 1 aliphatic rings. The van der Waals surface area contributed by atoms with Crippen molar-refractivity contribution >= 4 is 0 Å². The molecule has 0 radical (unpaired) electrons. The van der Waals surface area contributed by atoms with Gasteiger partial charge in [0.2, 0.25) is 0 Å². The third kappa shape index (κ3) is 1.30. The number of nitrogens with zero attached hydrogens (tertiary/aromatic N) is 2. The van der Waals surface area contributed by atoms with Crippen LogP contribution in [0.15, 0.2) is 34.8 Å². The van der Waals surface area contributed by atoms with E-state index in [4.69, 9.17) is 0 Å². The molecule has 0 atom stereocenters. The van der Waals surface area contributed by atoms with Gasteiger partial charge in [-0.15, -0.1) is 0 Å². The zero-order valence-corrected chi connectivity index (χ0v) is 4.78. The van der Waals surface area contributed by atoms with Crippen molar-refractivity contribution in [3.8, 4) is 0 Å². The maximum atomic E-state index is 3.68. The van der Waals surface area contributed by atoms with Gasteiger partial charge in [-0.1, -0.05) is 19.1 Å². The van der Waals surface area contributed by atoms with Crippen molar-refractivity contribution in [3.63, 3.8) is 0 Å². The summed E-state index contributed by atoms with van der Waals surface area (Å²) in [6.07, 6.45) is 7.41. The van der Waals surface area contributed by atoms with E-state index < -0.39 is 0 Å². The fraction of sp³-hybridized carbons (Fsp3) is 0.333. The lowest BCUT2D eigenvalue weighted by molar-refractivity contribution is 0.939. The van der Waals surface area contributed by atoms with Crippen molar-refractivity contribution in [2.24, 2.45) is 16.1 Å². The molecule has 0 spiro atoms. The Balaban J connectivity index is 2.66. The summed E-state index contributed by atoms with van der Waals surface area (Å²) >= 11 is 0. The molecule has 0 aromatic heterocycles. The molecule has 0 bridgehead atoms. The van der Waals surface area contributed by atoms with Gasteiger partial charge in [0.05, 0.1) is 0 Å². The highest BCUT2D eigenvalue weighted by atomic mass is 15.1. The molecule has 1 rings (SSSR count). The van der Waals surface area contributed by atoms with Crippen molar-refractivity contribution < 1.29 is 0 Å². The molecule has 42 valence electrons. The van der Waals surface area contributed by atoms with E-state index >= 15 is 0 Å². The van der Waals surface area contributed by atoms with E-state index in [0.717, 1.165) is 0 Å². The van der Waals surface area contributed by atoms with Crippen molar-refractivity contribution in [3.05, 3.63) is 24.6 Å². The van der Waals surface area contributed by atoms with E-state index in [2.05, 4.69) is 17.2 Å². The van der Waals surface area contributed by atoms with E-state index in [9.17, 15) is 0 Å². The van der Waals surface area contributed by atoms with Gasteiger partial charge < -0.3 is 0 Å². The lowest BCUT2D eigenvalue weighted by Gasteiger charge is -1.88. The SMILES string of the molecule is CC1C=CN=NC=C1. The van der Waals surface area contributed by atoms with Crippen molar-refractivity contribution in [2.45, 2.75) is 6.92 Å². The lowest BCUT2D eigenvalue weighted by atomic mass is 10.2. The predicted molar refractivity (Wildman–Crippen MR) is 32.3 cm³/mol. The fourth-order valence-corrected chi connectivity index (χ4v) is 0.490. The highest BCUT2D eigenvalue weighted by Gasteiger charge is 1.88. The molecule has 0 unspecified atom stereocenters. The van der Waals surface area contributed by atoms with E-state index in [0.29, 0.717) is 5.92 Å². The van der Waals surface area contributed by atoms with Crippen LogP contribution in [0.1, 0.15) is 6.92 Å². The van der Waals surface area contributed by atoms with Gasteiger partial charge in [0.25, 0.3) is 0 Å². The first-order valence-electron chi connectivity index (χ1n) is 2.63. The Morgan fingerprint density at radius 2 is 1.62 bits per heavy atom. The summed E-state index contributed by atoms with van der Waals surface area (Å²) in [7, 11) is 0. The van der Waals surface area contributed by atoms with Crippen LogP contribution >= 0.6 is 0 Å². The predicted octanol–water partition coefficient (Wildman–Crippen LogP) is 2.12. The number of allylic oxidation sites excluding steroid dienone is 2. The van der Waals surface area contributed by atoms with E-state index in [1.54, 1.807) is 12.4 Å². The third-order valence-corrected chi connectivity index (χ3v) is 0.979. The number of hydrogen-bond acceptors (Lipinski definition) is 2. The molecular formula is C6H8N2. The Morgan fingerprint density at radius 1 is 1.12 bits per heavy atom. The first-order chi connectivity index (χ1) is 3.89. The Bertz CT molecular complexity index is 129. The van der Waals surface area contributed by atoms with Crippen LogP contribution in [0.2, 0.25) is 0 Å². The first-order valence-corrected chi connectivity index (χ1v) is 2.63. The highest BCUT2D eigenvalue weighted by molar-refractivity contribution is 4.99. The summed E-state index contributed by atoms with van der Waals surface area (Å²) in [5, 5.41) is 7.36. The number of hydrogen-bond donors (Lipinski definition) is 0. The molecule has 0 N–H and O–H groups in total.